The Balaban J connectivity index is 1.96. The second-order valence-electron chi connectivity index (χ2n) is 9.51. The summed E-state index contributed by atoms with van der Waals surface area (Å²) in [6.45, 7) is 6.12. The van der Waals surface area contributed by atoms with Crippen LogP contribution in [0, 0.1) is 12.8 Å². The third-order valence-corrected chi connectivity index (χ3v) is 7.04. The highest BCUT2D eigenvalue weighted by atomic mass is 16.6. The molecule has 1 aromatic carbocycles. The second kappa shape index (κ2) is 11.1. The lowest BCUT2D eigenvalue weighted by Crippen LogP contribution is -2.58. The van der Waals surface area contributed by atoms with E-state index in [9.17, 15) is 19.2 Å². The topological polar surface area (TPSA) is 102 Å². The lowest BCUT2D eigenvalue weighted by atomic mass is 9.79. The number of hydrogen-bond donors (Lipinski definition) is 1. The number of rotatable bonds is 9. The fourth-order valence-electron chi connectivity index (χ4n) is 5.34. The Labute approximate surface area is 201 Å². The number of ether oxygens (including phenoxy) is 2. The number of likely N-dealkylation sites (tertiary alicyclic amines) is 1. The maximum Gasteiger partial charge on any atom is 0.312 e. The van der Waals surface area contributed by atoms with E-state index in [1.807, 2.05) is 31.2 Å². The Bertz CT molecular complexity index is 926. The van der Waals surface area contributed by atoms with Crippen molar-refractivity contribution in [3.63, 3.8) is 0 Å². The van der Waals surface area contributed by atoms with Crippen LogP contribution in [0.2, 0.25) is 0 Å². The molecule has 0 aromatic heterocycles. The molecule has 0 bridgehead atoms. The first kappa shape index (κ1) is 25.9. The minimum atomic E-state index is -1.06. The number of nitrogens with zero attached hydrogens (tertiary/aromatic N) is 1. The number of hydrogen-bond acceptors (Lipinski definition) is 7. The van der Waals surface area contributed by atoms with Crippen LogP contribution in [0.3, 0.4) is 0 Å². The van der Waals surface area contributed by atoms with Crippen LogP contribution < -0.4 is 5.32 Å². The van der Waals surface area contributed by atoms with Crippen molar-refractivity contribution in [1.82, 2.24) is 10.2 Å². The smallest absolute Gasteiger partial charge is 0.312 e. The molecule has 34 heavy (non-hydrogen) atoms. The molecule has 2 fully saturated rings. The van der Waals surface area contributed by atoms with E-state index < -0.39 is 29.5 Å². The van der Waals surface area contributed by atoms with Gasteiger partial charge in [-0.2, -0.15) is 0 Å². The normalized spacial score (nSPS) is 23.9. The summed E-state index contributed by atoms with van der Waals surface area (Å²) in [5.74, 6) is -2.35. The average molecular weight is 473 g/mol. The zero-order chi connectivity index (χ0) is 24.9. The number of esters is 2. The lowest BCUT2D eigenvalue weighted by Gasteiger charge is -2.40. The number of nitrogens with one attached hydrogen (secondary N) is 1. The molecule has 8 nitrogen and oxygen atoms in total. The van der Waals surface area contributed by atoms with Gasteiger partial charge in [0.1, 0.15) is 17.6 Å². The molecule has 1 amide bonds. The van der Waals surface area contributed by atoms with E-state index in [0.29, 0.717) is 25.8 Å². The first-order chi connectivity index (χ1) is 16.2. The molecule has 2 aliphatic rings. The van der Waals surface area contributed by atoms with Crippen molar-refractivity contribution in [1.29, 1.82) is 0 Å². The molecular weight excluding hydrogens is 436 g/mol. The van der Waals surface area contributed by atoms with Gasteiger partial charge in [-0.25, -0.2) is 0 Å². The number of amides is 1. The predicted molar refractivity (Wildman–Crippen MR) is 126 cm³/mol. The minimum Gasteiger partial charge on any atom is -0.469 e. The van der Waals surface area contributed by atoms with Crippen LogP contribution in [-0.2, 0) is 35.1 Å². The zero-order valence-corrected chi connectivity index (χ0v) is 20.6. The summed E-state index contributed by atoms with van der Waals surface area (Å²) in [6, 6.07) is 7.65. The van der Waals surface area contributed by atoms with Crippen molar-refractivity contribution in [3.8, 4) is 0 Å². The number of Topliss-reactive ketones (excluding diaryl/α,β-unsaturated/α-hetero) is 1. The van der Waals surface area contributed by atoms with Gasteiger partial charge in [-0.3, -0.25) is 19.2 Å². The van der Waals surface area contributed by atoms with Gasteiger partial charge in [0.05, 0.1) is 13.2 Å². The molecule has 2 aliphatic heterocycles. The van der Waals surface area contributed by atoms with Crippen molar-refractivity contribution in [2.24, 2.45) is 5.92 Å². The molecule has 1 aromatic rings. The largest absolute Gasteiger partial charge is 0.469 e. The van der Waals surface area contributed by atoms with Gasteiger partial charge in [0.25, 0.3) is 0 Å². The number of ketones is 1. The molecule has 2 heterocycles. The van der Waals surface area contributed by atoms with Crippen molar-refractivity contribution in [3.05, 3.63) is 35.4 Å². The summed E-state index contributed by atoms with van der Waals surface area (Å²) in [5, 5.41) is 3.26. The molecule has 1 unspecified atom stereocenters. The molecule has 4 atom stereocenters. The average Bonchev–Trinajstić information content (AvgIpc) is 3.47. The Morgan fingerprint density at radius 3 is 2.62 bits per heavy atom. The molecular formula is C26H36N2O6. The van der Waals surface area contributed by atoms with E-state index in [2.05, 4.69) is 5.32 Å². The van der Waals surface area contributed by atoms with Crippen LogP contribution in [-0.4, -0.2) is 66.4 Å². The van der Waals surface area contributed by atoms with Gasteiger partial charge in [0.2, 0.25) is 5.91 Å². The van der Waals surface area contributed by atoms with Crippen LogP contribution in [0.1, 0.15) is 57.1 Å². The Morgan fingerprint density at radius 1 is 1.24 bits per heavy atom. The monoisotopic (exact) mass is 472 g/mol. The van der Waals surface area contributed by atoms with E-state index in [0.717, 1.165) is 30.5 Å². The Hall–Kier alpha value is -2.74. The summed E-state index contributed by atoms with van der Waals surface area (Å²) >= 11 is 0. The highest BCUT2D eigenvalue weighted by molar-refractivity contribution is 5.97. The van der Waals surface area contributed by atoms with Gasteiger partial charge in [-0.15, -0.1) is 0 Å². The number of carbonyl (C=O) groups is 4. The molecule has 0 radical (unpaired) electrons. The molecule has 2 saturated heterocycles. The fourth-order valence-corrected chi connectivity index (χ4v) is 5.34. The molecule has 0 saturated carbocycles. The summed E-state index contributed by atoms with van der Waals surface area (Å²) in [5.41, 5.74) is 0.983. The van der Waals surface area contributed by atoms with Gasteiger partial charge in [0.15, 0.2) is 5.78 Å². The third-order valence-electron chi connectivity index (χ3n) is 7.04. The van der Waals surface area contributed by atoms with Gasteiger partial charge in [0, 0.05) is 26.3 Å². The number of methoxy groups -OCH3 is 1. The summed E-state index contributed by atoms with van der Waals surface area (Å²) in [4.78, 5) is 53.4. The molecule has 1 N–H and O–H groups in total. The quantitative estimate of drug-likeness (QED) is 0.551. The van der Waals surface area contributed by atoms with E-state index >= 15 is 0 Å². The first-order valence-corrected chi connectivity index (χ1v) is 12.1. The lowest BCUT2D eigenvalue weighted by molar-refractivity contribution is -0.160. The van der Waals surface area contributed by atoms with Crippen molar-refractivity contribution in [2.75, 3.05) is 20.2 Å². The Kier molecular flexibility index (Phi) is 8.47. The highest BCUT2D eigenvalue weighted by Crippen LogP contribution is 2.37. The molecule has 0 spiro atoms. The molecule has 8 heteroatoms. The van der Waals surface area contributed by atoms with Gasteiger partial charge in [-0.1, -0.05) is 29.8 Å². The van der Waals surface area contributed by atoms with Crippen molar-refractivity contribution in [2.45, 2.75) is 77.0 Å². The number of carbonyl (C=O) groups excluding carboxylic acids is 4. The van der Waals surface area contributed by atoms with Crippen LogP contribution in [0.4, 0.5) is 0 Å². The number of aryl methyl sites for hydroxylation is 1. The van der Waals surface area contributed by atoms with Crippen LogP contribution in [0.5, 0.6) is 0 Å². The highest BCUT2D eigenvalue weighted by Gasteiger charge is 2.51. The fraction of sp³-hybridized carbons (Fsp3) is 0.615. The molecule has 186 valence electrons. The second-order valence-corrected chi connectivity index (χ2v) is 9.51. The van der Waals surface area contributed by atoms with Crippen LogP contribution in [0.15, 0.2) is 24.3 Å². The van der Waals surface area contributed by atoms with Gasteiger partial charge in [-0.05, 0) is 51.6 Å². The third kappa shape index (κ3) is 5.66. The minimum absolute atomic E-state index is 0.0568. The van der Waals surface area contributed by atoms with Crippen LogP contribution in [0.25, 0.3) is 0 Å². The van der Waals surface area contributed by atoms with E-state index in [4.69, 9.17) is 9.47 Å². The van der Waals surface area contributed by atoms with Crippen molar-refractivity contribution < 1.29 is 28.7 Å². The maximum atomic E-state index is 14.0. The first-order valence-electron chi connectivity index (χ1n) is 12.1. The molecule has 0 aliphatic carbocycles. The SMILES string of the molecule is COC(=O)[C@@H](CC(=O)C1(Cc2cccc(C)c2)CCCN1C(=O)[C@@H]1CCCN1)[C@@H](C)OC(C)=O. The van der Waals surface area contributed by atoms with E-state index in [1.54, 1.807) is 11.8 Å². The molecule has 3 rings (SSSR count). The standard InChI is InChI=1S/C26H36N2O6/c1-17-8-5-9-20(14-17)16-26(11-7-13-28(26)24(31)22-10-6-12-27-22)23(30)15-21(25(32)33-4)18(2)34-19(3)29/h5,8-9,14,18,21-22,27H,6-7,10-13,15-16H2,1-4H3/t18-,21+,22+,26?/m1/s1. The Morgan fingerprint density at radius 2 is 2.00 bits per heavy atom. The summed E-state index contributed by atoms with van der Waals surface area (Å²) in [7, 11) is 1.25. The van der Waals surface area contributed by atoms with Crippen molar-refractivity contribution >= 4 is 23.6 Å². The number of benzene rings is 1. The summed E-state index contributed by atoms with van der Waals surface area (Å²) in [6.07, 6.45) is 2.28. The van der Waals surface area contributed by atoms with Gasteiger partial charge >= 0.3 is 11.9 Å². The van der Waals surface area contributed by atoms with Crippen LogP contribution >= 0.6 is 0 Å². The summed E-state index contributed by atoms with van der Waals surface area (Å²) < 4.78 is 10.2. The zero-order valence-electron chi connectivity index (χ0n) is 20.6. The van der Waals surface area contributed by atoms with Gasteiger partial charge < -0.3 is 19.7 Å². The maximum absolute atomic E-state index is 14.0. The van der Waals surface area contributed by atoms with E-state index in [-0.39, 0.29) is 24.2 Å². The van der Waals surface area contributed by atoms with E-state index in [1.165, 1.54) is 14.0 Å². The predicted octanol–water partition coefficient (Wildman–Crippen LogP) is 2.35.